The third-order valence-corrected chi connectivity index (χ3v) is 16.7. The van der Waals surface area contributed by atoms with E-state index in [1.165, 1.54) is 4.90 Å². The molecule has 4 fully saturated rings. The highest BCUT2D eigenvalue weighted by Gasteiger charge is 2.44. The second-order valence-corrected chi connectivity index (χ2v) is 22.3. The summed E-state index contributed by atoms with van der Waals surface area (Å²) < 4.78 is 14.4. The van der Waals surface area contributed by atoms with E-state index in [0.29, 0.717) is 34.4 Å². The maximum Gasteiger partial charge on any atom is 0.243 e. The molecule has 0 unspecified atom stereocenters. The number of para-hydroxylation sites is 1. The van der Waals surface area contributed by atoms with Crippen LogP contribution in [0.15, 0.2) is 83.1 Å². The Labute approximate surface area is 442 Å². The molecule has 17 nitrogen and oxygen atoms in total. The number of amides is 2. The van der Waals surface area contributed by atoms with E-state index in [-0.39, 0.29) is 66.6 Å². The Hall–Kier alpha value is -6.65. The van der Waals surface area contributed by atoms with E-state index in [1.54, 1.807) is 35.7 Å². The van der Waals surface area contributed by atoms with E-state index in [4.69, 9.17) is 15.0 Å². The first-order valence-electron chi connectivity index (χ1n) is 26.6. The number of β-amino-alcohol motifs (C(OH)–C–C–N with tert-alkyl or cyclic N) is 1. The van der Waals surface area contributed by atoms with E-state index in [2.05, 4.69) is 52.4 Å². The van der Waals surface area contributed by atoms with Crippen LogP contribution in [0, 0.1) is 36.5 Å². The standard InChI is InChI=1S/C57H69N11O6S/c1-34(2)53(57(72)67-32-43(69)26-49(67)56(71)61-36(4)40-12-14-41(15-13-40)54-37(5)59-33-75-54)51-28-52(64-74-51)66-22-16-38(17-23-66)30-65-20-18-44(19-21-65)73-45-24-39(25-45)11-10-35(3)68-31-42(29-60-68)47-27-48(62-63-55(47)58)46-8-6-7-9-50(46)70/h6-9,12-15,27-29,31,33-36,38-39,43-45,49,53,69-70H,16-26,30,32H2,1-5H3,(H2,58,63)(H,61,71)/t35-,36+,39?,43-,45?,49+,53-/m1/s1. The molecule has 2 amide bonds. The SMILES string of the molecule is Cc1ncsc1-c1ccc([C@H](C)NC(=O)[C@@H]2C[C@@H](O)CN2C(=O)[C@@H](c2cc(N3CCC(CN4CCC(OC5CC(C#C[C@@H](C)n6cc(-c7cc(-c8ccccc8O)nnc7N)cn6)C5)CC4)CC3)no2)C(C)C)cc1. The number of benzene rings is 2. The van der Waals surface area contributed by atoms with Gasteiger partial charge in [0.1, 0.15) is 23.8 Å². The van der Waals surface area contributed by atoms with Gasteiger partial charge in [-0.05, 0) is 100 Å². The lowest BCUT2D eigenvalue weighted by molar-refractivity contribution is -0.141. The number of nitrogens with zero attached hydrogens (tertiary/aromatic N) is 9. The largest absolute Gasteiger partial charge is 0.507 e. The molecule has 0 spiro atoms. The van der Waals surface area contributed by atoms with Gasteiger partial charge in [0.2, 0.25) is 11.8 Å². The molecule has 5 atom stereocenters. The number of phenols is 1. The fourth-order valence-electron chi connectivity index (χ4n) is 11.1. The summed E-state index contributed by atoms with van der Waals surface area (Å²) in [5.41, 5.74) is 13.7. The normalized spacial score (nSPS) is 21.9. The van der Waals surface area contributed by atoms with Crippen LogP contribution in [0.4, 0.5) is 11.6 Å². The molecular weight excluding hydrogens is 967 g/mol. The van der Waals surface area contributed by atoms with Crippen LogP contribution in [0.3, 0.4) is 0 Å². The number of nitrogens with two attached hydrogens (primary N) is 1. The maximum absolute atomic E-state index is 14.4. The number of aliphatic hydroxyl groups excluding tert-OH is 1. The van der Waals surface area contributed by atoms with E-state index in [0.717, 1.165) is 104 Å². The van der Waals surface area contributed by atoms with Crippen molar-refractivity contribution in [2.75, 3.05) is 49.9 Å². The van der Waals surface area contributed by atoms with Crippen molar-refractivity contribution in [3.05, 3.63) is 95.6 Å². The number of carbonyl (C=O) groups excluding carboxylic acids is 2. The Morgan fingerprint density at radius 3 is 2.41 bits per heavy atom. The first-order chi connectivity index (χ1) is 36.2. The second kappa shape index (κ2) is 22.7. The van der Waals surface area contributed by atoms with Crippen molar-refractivity contribution in [3.63, 3.8) is 0 Å². The third kappa shape index (κ3) is 11.8. The van der Waals surface area contributed by atoms with Gasteiger partial charge in [0.05, 0.1) is 52.3 Å². The summed E-state index contributed by atoms with van der Waals surface area (Å²) in [4.78, 5) is 40.0. The highest BCUT2D eigenvalue weighted by atomic mass is 32.1. The Balaban J connectivity index is 0.643. The van der Waals surface area contributed by atoms with Gasteiger partial charge >= 0.3 is 0 Å². The zero-order valence-electron chi connectivity index (χ0n) is 43.5. The summed E-state index contributed by atoms with van der Waals surface area (Å²) in [6, 6.07) is 17.6. The second-order valence-electron chi connectivity index (χ2n) is 21.4. The number of aryl methyl sites for hydroxylation is 1. The molecule has 0 bridgehead atoms. The molecule has 3 saturated heterocycles. The summed E-state index contributed by atoms with van der Waals surface area (Å²) in [6.45, 7) is 14.9. The lowest BCUT2D eigenvalue weighted by Crippen LogP contribution is -2.48. The number of aromatic hydroxyl groups is 1. The quantitative estimate of drug-likeness (QED) is 0.0717. The Bertz CT molecular complexity index is 2990. The topological polar surface area (TPSA) is 214 Å². The summed E-state index contributed by atoms with van der Waals surface area (Å²) in [5, 5.41) is 41.6. The number of aliphatic hydroxyl groups is 1. The molecule has 7 heterocycles. The Kier molecular flexibility index (Phi) is 15.7. The number of nitrogen functional groups attached to an aromatic ring is 1. The number of hydrogen-bond acceptors (Lipinski definition) is 15. The van der Waals surface area contributed by atoms with Crippen LogP contribution in [0.25, 0.3) is 32.8 Å². The van der Waals surface area contributed by atoms with Crippen molar-refractivity contribution < 1.29 is 29.1 Å². The molecule has 1 saturated carbocycles. The van der Waals surface area contributed by atoms with Crippen LogP contribution < -0.4 is 16.0 Å². The third-order valence-electron chi connectivity index (χ3n) is 15.7. The van der Waals surface area contributed by atoms with Crippen LogP contribution in [-0.2, 0) is 14.3 Å². The number of piperidine rings is 2. The average molecular weight is 1040 g/mol. The number of carbonyl (C=O) groups is 2. The maximum atomic E-state index is 14.4. The summed E-state index contributed by atoms with van der Waals surface area (Å²) in [7, 11) is 0. The molecule has 10 rings (SSSR count). The van der Waals surface area contributed by atoms with Crippen molar-refractivity contribution in [3.8, 4) is 50.4 Å². The molecule has 2 aromatic carbocycles. The first-order valence-corrected chi connectivity index (χ1v) is 27.5. The van der Waals surface area contributed by atoms with Gasteiger partial charge in [-0.25, -0.2) is 4.98 Å². The van der Waals surface area contributed by atoms with Crippen molar-refractivity contribution in [2.24, 2.45) is 17.8 Å². The molecule has 6 aromatic rings. The Morgan fingerprint density at radius 1 is 0.933 bits per heavy atom. The van der Waals surface area contributed by atoms with E-state index >= 15 is 0 Å². The molecule has 4 aromatic heterocycles. The average Bonchev–Trinajstić information content (AvgIpc) is 4.24. The highest BCUT2D eigenvalue weighted by molar-refractivity contribution is 7.13. The van der Waals surface area contributed by atoms with Gasteiger partial charge in [-0.2, -0.15) is 5.10 Å². The predicted octanol–water partition coefficient (Wildman–Crippen LogP) is 8.03. The van der Waals surface area contributed by atoms with Crippen molar-refractivity contribution >= 4 is 34.8 Å². The molecule has 4 aliphatic rings. The van der Waals surface area contributed by atoms with Gasteiger partial charge in [-0.15, -0.1) is 21.5 Å². The summed E-state index contributed by atoms with van der Waals surface area (Å²) >= 11 is 1.60. The molecular formula is C57H69N11O6S. The van der Waals surface area contributed by atoms with Crippen LogP contribution in [0.5, 0.6) is 5.75 Å². The van der Waals surface area contributed by atoms with Gasteiger partial charge in [0.25, 0.3) is 0 Å². The fraction of sp³-hybridized carbons (Fsp3) is 0.491. The van der Waals surface area contributed by atoms with Gasteiger partial charge in [0, 0.05) is 80.6 Å². The number of ether oxygens (including phenoxy) is 1. The molecule has 75 heavy (non-hydrogen) atoms. The zero-order valence-corrected chi connectivity index (χ0v) is 44.3. The van der Waals surface area contributed by atoms with E-state index < -0.39 is 18.1 Å². The van der Waals surface area contributed by atoms with Gasteiger partial charge in [-0.1, -0.05) is 67.2 Å². The number of rotatable bonds is 15. The minimum atomic E-state index is -0.802. The smallest absolute Gasteiger partial charge is 0.243 e. The Morgan fingerprint density at radius 2 is 1.69 bits per heavy atom. The number of likely N-dealkylation sites (tertiary alicyclic amines) is 2. The zero-order chi connectivity index (χ0) is 52.3. The monoisotopic (exact) mass is 1040 g/mol. The molecule has 3 aliphatic heterocycles. The molecule has 394 valence electrons. The lowest BCUT2D eigenvalue weighted by atomic mass is 9.82. The number of aromatic nitrogens is 6. The van der Waals surface area contributed by atoms with Crippen LogP contribution >= 0.6 is 11.3 Å². The van der Waals surface area contributed by atoms with Gasteiger partial charge in [0.15, 0.2) is 17.4 Å². The number of hydrogen-bond donors (Lipinski definition) is 4. The van der Waals surface area contributed by atoms with E-state index in [1.807, 2.05) is 93.5 Å². The summed E-state index contributed by atoms with van der Waals surface area (Å²) in [6.07, 6.45) is 9.65. The van der Waals surface area contributed by atoms with Crippen molar-refractivity contribution in [2.45, 2.75) is 122 Å². The minimum absolute atomic E-state index is 0.0843. The van der Waals surface area contributed by atoms with Crippen LogP contribution in [0.2, 0.25) is 0 Å². The summed E-state index contributed by atoms with van der Waals surface area (Å²) in [5.74, 6) is 8.10. The van der Waals surface area contributed by atoms with Crippen molar-refractivity contribution in [1.82, 2.24) is 45.2 Å². The molecule has 1 aliphatic carbocycles. The van der Waals surface area contributed by atoms with Crippen LogP contribution in [0.1, 0.15) is 108 Å². The molecule has 5 N–H and O–H groups in total. The van der Waals surface area contributed by atoms with Crippen molar-refractivity contribution in [1.29, 1.82) is 0 Å². The lowest BCUT2D eigenvalue weighted by Gasteiger charge is -2.40. The van der Waals surface area contributed by atoms with Crippen LogP contribution in [-0.4, -0.2) is 126 Å². The predicted molar refractivity (Wildman–Crippen MR) is 288 cm³/mol. The number of nitrogens with one attached hydrogen (secondary N) is 1. The number of thiazole rings is 1. The minimum Gasteiger partial charge on any atom is -0.507 e. The van der Waals surface area contributed by atoms with Gasteiger partial charge < -0.3 is 45.2 Å². The fourth-order valence-corrected chi connectivity index (χ4v) is 12.0. The molecule has 0 radical (unpaired) electrons. The van der Waals surface area contributed by atoms with E-state index in [9.17, 15) is 19.8 Å². The number of phenolic OH excluding ortho intramolecular Hbond substituents is 1. The first kappa shape index (κ1) is 51.8. The van der Waals surface area contributed by atoms with Gasteiger partial charge in [-0.3, -0.25) is 14.3 Å². The molecule has 18 heteroatoms. The number of anilines is 2. The highest BCUT2D eigenvalue weighted by Crippen LogP contribution is 2.37.